The van der Waals surface area contributed by atoms with Crippen molar-refractivity contribution in [3.05, 3.63) is 54.1 Å². The van der Waals surface area contributed by atoms with Gasteiger partial charge in [-0.25, -0.2) is 0 Å². The van der Waals surface area contributed by atoms with E-state index in [2.05, 4.69) is 10.2 Å². The number of carbonyl (C=O) groups excluding carboxylic acids is 2. The highest BCUT2D eigenvalue weighted by atomic mass is 16.5. The minimum absolute atomic E-state index is 0.124. The van der Waals surface area contributed by atoms with Gasteiger partial charge in [0.1, 0.15) is 12.2 Å². The van der Waals surface area contributed by atoms with Crippen molar-refractivity contribution in [1.82, 2.24) is 4.90 Å². The number of ether oxygens (including phenoxy) is 1. The zero-order valence-electron chi connectivity index (χ0n) is 16.5. The number of aryl methyl sites for hydroxylation is 1. The van der Waals surface area contributed by atoms with Crippen molar-refractivity contribution in [2.24, 2.45) is 0 Å². The van der Waals surface area contributed by atoms with Gasteiger partial charge in [0.15, 0.2) is 0 Å². The van der Waals surface area contributed by atoms with Crippen LogP contribution in [0.3, 0.4) is 0 Å². The lowest BCUT2D eigenvalue weighted by atomic mass is 10.1. The van der Waals surface area contributed by atoms with Crippen LogP contribution < -0.4 is 15.0 Å². The SMILES string of the molecule is CCc1ccccc1NC(=O)CC(=O)N1CCN(c2ccc(OC)cc2)CC1. The summed E-state index contributed by atoms with van der Waals surface area (Å²) in [5.74, 6) is 0.442. The zero-order chi connectivity index (χ0) is 19.9. The number of methoxy groups -OCH3 is 1. The Morgan fingerprint density at radius 2 is 1.68 bits per heavy atom. The maximum Gasteiger partial charge on any atom is 0.233 e. The van der Waals surface area contributed by atoms with Gasteiger partial charge in [0.2, 0.25) is 11.8 Å². The lowest BCUT2D eigenvalue weighted by Gasteiger charge is -2.36. The summed E-state index contributed by atoms with van der Waals surface area (Å²) >= 11 is 0. The topological polar surface area (TPSA) is 61.9 Å². The van der Waals surface area contributed by atoms with E-state index >= 15 is 0 Å². The van der Waals surface area contributed by atoms with Crippen molar-refractivity contribution in [3.8, 4) is 5.75 Å². The molecule has 0 bridgehead atoms. The molecule has 0 atom stereocenters. The number of para-hydroxylation sites is 1. The summed E-state index contributed by atoms with van der Waals surface area (Å²) < 4.78 is 5.19. The van der Waals surface area contributed by atoms with Crippen LogP contribution in [0.1, 0.15) is 18.9 Å². The minimum Gasteiger partial charge on any atom is -0.497 e. The largest absolute Gasteiger partial charge is 0.497 e. The van der Waals surface area contributed by atoms with Crippen molar-refractivity contribution in [2.75, 3.05) is 43.5 Å². The van der Waals surface area contributed by atoms with Crippen LogP contribution in [0, 0.1) is 0 Å². The fourth-order valence-corrected chi connectivity index (χ4v) is 3.40. The molecule has 2 amide bonds. The van der Waals surface area contributed by atoms with Crippen LogP contribution in [0.15, 0.2) is 48.5 Å². The number of carbonyl (C=O) groups is 2. The molecule has 0 radical (unpaired) electrons. The molecular weight excluding hydrogens is 354 g/mol. The van der Waals surface area contributed by atoms with Crippen LogP contribution in [-0.2, 0) is 16.0 Å². The maximum atomic E-state index is 12.5. The molecule has 28 heavy (non-hydrogen) atoms. The fourth-order valence-electron chi connectivity index (χ4n) is 3.40. The van der Waals surface area contributed by atoms with Gasteiger partial charge in [0.05, 0.1) is 7.11 Å². The van der Waals surface area contributed by atoms with E-state index in [0.29, 0.717) is 13.1 Å². The Balaban J connectivity index is 1.50. The van der Waals surface area contributed by atoms with E-state index < -0.39 is 0 Å². The molecule has 1 fully saturated rings. The van der Waals surface area contributed by atoms with Crippen LogP contribution in [-0.4, -0.2) is 50.0 Å². The molecule has 0 saturated carbocycles. The Bertz CT molecular complexity index is 812. The summed E-state index contributed by atoms with van der Waals surface area (Å²) in [6, 6.07) is 15.6. The van der Waals surface area contributed by atoms with Gasteiger partial charge in [-0.1, -0.05) is 25.1 Å². The predicted molar refractivity (Wildman–Crippen MR) is 111 cm³/mol. The molecule has 1 N–H and O–H groups in total. The highest BCUT2D eigenvalue weighted by Gasteiger charge is 2.23. The number of hydrogen-bond donors (Lipinski definition) is 1. The van der Waals surface area contributed by atoms with Crippen molar-refractivity contribution in [3.63, 3.8) is 0 Å². The molecule has 0 aromatic heterocycles. The Morgan fingerprint density at radius 1 is 1.00 bits per heavy atom. The summed E-state index contributed by atoms with van der Waals surface area (Å²) in [5.41, 5.74) is 2.96. The lowest BCUT2D eigenvalue weighted by molar-refractivity contribution is -0.134. The average Bonchev–Trinajstić information content (AvgIpc) is 2.74. The van der Waals surface area contributed by atoms with E-state index in [1.54, 1.807) is 12.0 Å². The Labute approximate surface area is 166 Å². The predicted octanol–water partition coefficient (Wildman–Crippen LogP) is 2.94. The molecule has 2 aromatic carbocycles. The fraction of sp³-hybridized carbons (Fsp3) is 0.364. The van der Waals surface area contributed by atoms with Gasteiger partial charge in [-0.2, -0.15) is 0 Å². The second-order valence-electron chi connectivity index (χ2n) is 6.80. The third-order valence-corrected chi connectivity index (χ3v) is 5.05. The van der Waals surface area contributed by atoms with Crippen molar-refractivity contribution < 1.29 is 14.3 Å². The van der Waals surface area contributed by atoms with E-state index in [1.807, 2.05) is 55.5 Å². The second kappa shape index (κ2) is 9.26. The van der Waals surface area contributed by atoms with Gasteiger partial charge in [-0.05, 0) is 42.3 Å². The Morgan fingerprint density at radius 3 is 2.32 bits per heavy atom. The van der Waals surface area contributed by atoms with Crippen LogP contribution >= 0.6 is 0 Å². The molecule has 148 valence electrons. The van der Waals surface area contributed by atoms with E-state index in [1.165, 1.54) is 0 Å². The second-order valence-corrected chi connectivity index (χ2v) is 6.80. The number of amides is 2. The normalized spacial score (nSPS) is 13.9. The molecule has 3 rings (SSSR count). The molecule has 2 aromatic rings. The Kier molecular flexibility index (Phi) is 6.53. The van der Waals surface area contributed by atoms with Crippen molar-refractivity contribution in [2.45, 2.75) is 19.8 Å². The summed E-state index contributed by atoms with van der Waals surface area (Å²) in [7, 11) is 1.65. The standard InChI is InChI=1S/C22H27N3O3/c1-3-17-6-4-5-7-20(17)23-21(26)16-22(27)25-14-12-24(13-15-25)18-8-10-19(28-2)11-9-18/h4-11H,3,12-16H2,1-2H3,(H,23,26). The number of anilines is 2. The third-order valence-electron chi connectivity index (χ3n) is 5.05. The zero-order valence-corrected chi connectivity index (χ0v) is 16.5. The molecule has 1 heterocycles. The van der Waals surface area contributed by atoms with Crippen LogP contribution in [0.4, 0.5) is 11.4 Å². The number of nitrogens with one attached hydrogen (secondary N) is 1. The molecule has 0 spiro atoms. The quantitative estimate of drug-likeness (QED) is 0.782. The summed E-state index contributed by atoms with van der Waals surface area (Å²) in [6.45, 7) is 4.77. The molecule has 0 aliphatic carbocycles. The van der Waals surface area contributed by atoms with E-state index in [4.69, 9.17) is 4.74 Å². The number of nitrogens with zero attached hydrogens (tertiary/aromatic N) is 2. The first kappa shape index (κ1) is 19.7. The van der Waals surface area contributed by atoms with E-state index in [0.717, 1.165) is 42.2 Å². The van der Waals surface area contributed by atoms with Crippen molar-refractivity contribution in [1.29, 1.82) is 0 Å². The van der Waals surface area contributed by atoms with Gasteiger partial charge >= 0.3 is 0 Å². The molecule has 1 aliphatic heterocycles. The van der Waals surface area contributed by atoms with Gasteiger partial charge in [-0.3, -0.25) is 9.59 Å². The molecule has 1 aliphatic rings. The van der Waals surface area contributed by atoms with E-state index in [-0.39, 0.29) is 18.2 Å². The maximum absolute atomic E-state index is 12.5. The summed E-state index contributed by atoms with van der Waals surface area (Å²) in [4.78, 5) is 28.8. The first-order valence-corrected chi connectivity index (χ1v) is 9.65. The minimum atomic E-state index is -0.261. The van der Waals surface area contributed by atoms with Gasteiger partial charge < -0.3 is 19.9 Å². The first-order valence-electron chi connectivity index (χ1n) is 9.65. The van der Waals surface area contributed by atoms with E-state index in [9.17, 15) is 9.59 Å². The molecule has 1 saturated heterocycles. The number of benzene rings is 2. The summed E-state index contributed by atoms with van der Waals surface area (Å²) in [6.07, 6.45) is 0.707. The first-order chi connectivity index (χ1) is 13.6. The van der Waals surface area contributed by atoms with Crippen LogP contribution in [0.25, 0.3) is 0 Å². The van der Waals surface area contributed by atoms with Crippen LogP contribution in [0.2, 0.25) is 0 Å². The monoisotopic (exact) mass is 381 g/mol. The lowest BCUT2D eigenvalue weighted by Crippen LogP contribution is -2.49. The van der Waals surface area contributed by atoms with Crippen LogP contribution in [0.5, 0.6) is 5.75 Å². The third kappa shape index (κ3) is 4.82. The molecule has 6 heteroatoms. The van der Waals surface area contributed by atoms with Crippen molar-refractivity contribution >= 4 is 23.2 Å². The molecule has 0 unspecified atom stereocenters. The number of rotatable bonds is 6. The number of hydrogen-bond acceptors (Lipinski definition) is 4. The summed E-state index contributed by atoms with van der Waals surface area (Å²) in [5, 5.41) is 2.87. The van der Waals surface area contributed by atoms with Gasteiger partial charge in [-0.15, -0.1) is 0 Å². The molecular formula is C22H27N3O3. The average molecular weight is 381 g/mol. The number of piperazine rings is 1. The highest BCUT2D eigenvalue weighted by Crippen LogP contribution is 2.21. The highest BCUT2D eigenvalue weighted by molar-refractivity contribution is 6.03. The molecule has 6 nitrogen and oxygen atoms in total. The Hall–Kier alpha value is -3.02. The van der Waals surface area contributed by atoms with Gasteiger partial charge in [0.25, 0.3) is 0 Å². The smallest absolute Gasteiger partial charge is 0.233 e. The van der Waals surface area contributed by atoms with Gasteiger partial charge in [0, 0.05) is 37.6 Å².